The molecule has 0 spiro atoms. The second kappa shape index (κ2) is 9.21. The third-order valence-corrected chi connectivity index (χ3v) is 2.25. The molecule has 0 saturated carbocycles. The molecule has 0 aromatic carbocycles. The van der Waals surface area contributed by atoms with Crippen molar-refractivity contribution >= 4 is 17.9 Å². The lowest BCUT2D eigenvalue weighted by Crippen LogP contribution is -2.25. The van der Waals surface area contributed by atoms with E-state index in [1.165, 1.54) is 21.3 Å². The van der Waals surface area contributed by atoms with Gasteiger partial charge in [-0.05, 0) is 12.8 Å². The second-order valence-corrected chi connectivity index (χ2v) is 3.42. The van der Waals surface area contributed by atoms with Crippen molar-refractivity contribution in [2.45, 2.75) is 19.3 Å². The van der Waals surface area contributed by atoms with Crippen LogP contribution in [0, 0.1) is 5.92 Å². The minimum absolute atomic E-state index is 0.181. The van der Waals surface area contributed by atoms with Crippen LogP contribution in [0.25, 0.3) is 0 Å². The molecule has 0 N–H and O–H groups in total. The van der Waals surface area contributed by atoms with Gasteiger partial charge in [0, 0.05) is 6.42 Å². The molecule has 0 atom stereocenters. The summed E-state index contributed by atoms with van der Waals surface area (Å²) >= 11 is 0. The van der Waals surface area contributed by atoms with Gasteiger partial charge in [0.15, 0.2) is 5.92 Å². The van der Waals surface area contributed by atoms with Crippen LogP contribution in [0.4, 0.5) is 0 Å². The van der Waals surface area contributed by atoms with Crippen molar-refractivity contribution in [1.82, 2.24) is 0 Å². The van der Waals surface area contributed by atoms with Crippen molar-refractivity contribution in [2.75, 3.05) is 21.3 Å². The van der Waals surface area contributed by atoms with Crippen molar-refractivity contribution in [3.63, 3.8) is 0 Å². The normalized spacial score (nSPS) is 10.4. The number of ether oxygens (including phenoxy) is 3. The van der Waals surface area contributed by atoms with Gasteiger partial charge in [0.1, 0.15) is 0 Å². The highest BCUT2D eigenvalue weighted by molar-refractivity contribution is 5.94. The highest BCUT2D eigenvalue weighted by Gasteiger charge is 2.26. The second-order valence-electron chi connectivity index (χ2n) is 3.42. The van der Waals surface area contributed by atoms with Gasteiger partial charge in [-0.25, -0.2) is 0 Å². The van der Waals surface area contributed by atoms with E-state index in [1.54, 1.807) is 12.2 Å². The lowest BCUT2D eigenvalue weighted by atomic mass is 10.1. The first-order valence-electron chi connectivity index (χ1n) is 5.44. The van der Waals surface area contributed by atoms with E-state index in [1.807, 2.05) is 0 Å². The van der Waals surface area contributed by atoms with Crippen LogP contribution in [0.15, 0.2) is 12.2 Å². The van der Waals surface area contributed by atoms with E-state index in [0.29, 0.717) is 6.42 Å². The molecule has 0 aromatic rings. The Morgan fingerprint density at radius 2 is 1.50 bits per heavy atom. The van der Waals surface area contributed by atoms with Crippen LogP contribution in [-0.4, -0.2) is 39.2 Å². The van der Waals surface area contributed by atoms with E-state index in [9.17, 15) is 14.4 Å². The Labute approximate surface area is 106 Å². The third-order valence-electron chi connectivity index (χ3n) is 2.25. The van der Waals surface area contributed by atoms with Crippen LogP contribution in [0.5, 0.6) is 0 Å². The van der Waals surface area contributed by atoms with Gasteiger partial charge >= 0.3 is 17.9 Å². The molecule has 0 amide bonds. The molecule has 0 fully saturated rings. The Morgan fingerprint density at radius 3 is 1.94 bits per heavy atom. The minimum Gasteiger partial charge on any atom is -0.469 e. The van der Waals surface area contributed by atoms with Gasteiger partial charge in [-0.1, -0.05) is 12.2 Å². The van der Waals surface area contributed by atoms with Crippen LogP contribution < -0.4 is 0 Å². The highest BCUT2D eigenvalue weighted by Crippen LogP contribution is 2.09. The molecular formula is C12H18O6. The van der Waals surface area contributed by atoms with Gasteiger partial charge < -0.3 is 14.2 Å². The molecule has 6 heteroatoms. The SMILES string of the molecule is COC(=O)CC/C=C/CC(C(=O)OC)C(=O)OC. The van der Waals surface area contributed by atoms with Crippen LogP contribution in [-0.2, 0) is 28.6 Å². The maximum atomic E-state index is 11.3. The molecule has 0 rings (SSSR count). The predicted molar refractivity (Wildman–Crippen MR) is 62.5 cm³/mol. The molecule has 0 aliphatic heterocycles. The summed E-state index contributed by atoms with van der Waals surface area (Å²) in [6, 6.07) is 0. The van der Waals surface area contributed by atoms with Crippen molar-refractivity contribution in [3.8, 4) is 0 Å². The van der Waals surface area contributed by atoms with E-state index < -0.39 is 17.9 Å². The summed E-state index contributed by atoms with van der Waals surface area (Å²) in [5.41, 5.74) is 0. The number of hydrogen-bond donors (Lipinski definition) is 0. The molecule has 0 unspecified atom stereocenters. The molecule has 0 radical (unpaired) electrons. The fraction of sp³-hybridized carbons (Fsp3) is 0.583. The Bertz CT molecular complexity index is 305. The van der Waals surface area contributed by atoms with Gasteiger partial charge in [0.2, 0.25) is 0 Å². The lowest BCUT2D eigenvalue weighted by Gasteiger charge is -2.09. The summed E-state index contributed by atoms with van der Waals surface area (Å²) < 4.78 is 13.5. The average molecular weight is 258 g/mol. The maximum Gasteiger partial charge on any atom is 0.320 e. The van der Waals surface area contributed by atoms with Gasteiger partial charge in [-0.3, -0.25) is 14.4 Å². The van der Waals surface area contributed by atoms with Gasteiger partial charge in [0.25, 0.3) is 0 Å². The monoisotopic (exact) mass is 258 g/mol. The first-order chi connectivity index (χ1) is 8.56. The minimum atomic E-state index is -0.964. The zero-order valence-electron chi connectivity index (χ0n) is 10.8. The standard InChI is InChI=1S/C12H18O6/c1-16-10(13)8-6-4-5-7-9(11(14)17-2)12(15)18-3/h4-5,9H,6-8H2,1-3H3/b5-4+. The molecule has 0 heterocycles. The number of methoxy groups -OCH3 is 3. The zero-order chi connectivity index (χ0) is 14.0. The number of esters is 3. The van der Waals surface area contributed by atoms with Crippen LogP contribution in [0.3, 0.4) is 0 Å². The van der Waals surface area contributed by atoms with E-state index in [-0.39, 0.29) is 18.8 Å². The fourth-order valence-electron chi connectivity index (χ4n) is 1.23. The Hall–Kier alpha value is -1.85. The Balaban J connectivity index is 4.18. The molecule has 0 aliphatic rings. The summed E-state index contributed by atoms with van der Waals surface area (Å²) in [5, 5.41) is 0. The van der Waals surface area contributed by atoms with Crippen molar-refractivity contribution in [3.05, 3.63) is 12.2 Å². The van der Waals surface area contributed by atoms with E-state index >= 15 is 0 Å². The van der Waals surface area contributed by atoms with Gasteiger partial charge in [-0.15, -0.1) is 0 Å². The quantitative estimate of drug-likeness (QED) is 0.291. The van der Waals surface area contributed by atoms with Crippen molar-refractivity contribution < 1.29 is 28.6 Å². The zero-order valence-corrected chi connectivity index (χ0v) is 10.8. The topological polar surface area (TPSA) is 78.9 Å². The highest BCUT2D eigenvalue weighted by atomic mass is 16.5. The van der Waals surface area contributed by atoms with Crippen molar-refractivity contribution in [1.29, 1.82) is 0 Å². The average Bonchev–Trinajstić information content (AvgIpc) is 2.40. The molecule has 6 nitrogen and oxygen atoms in total. The van der Waals surface area contributed by atoms with Crippen molar-refractivity contribution in [2.24, 2.45) is 5.92 Å². The summed E-state index contributed by atoms with van der Waals surface area (Å²) in [4.78, 5) is 33.4. The molecule has 102 valence electrons. The van der Waals surface area contributed by atoms with E-state index in [2.05, 4.69) is 14.2 Å². The van der Waals surface area contributed by atoms with Gasteiger partial charge in [-0.2, -0.15) is 0 Å². The number of allylic oxidation sites excluding steroid dienone is 2. The maximum absolute atomic E-state index is 11.3. The first kappa shape index (κ1) is 16.1. The molecule has 0 saturated heterocycles. The molecule has 0 aromatic heterocycles. The Morgan fingerprint density at radius 1 is 0.944 bits per heavy atom. The predicted octanol–water partition coefficient (Wildman–Crippen LogP) is 0.848. The summed E-state index contributed by atoms with van der Waals surface area (Å²) in [7, 11) is 3.73. The van der Waals surface area contributed by atoms with Crippen LogP contribution >= 0.6 is 0 Å². The molecule has 0 bridgehead atoms. The molecule has 0 aliphatic carbocycles. The van der Waals surface area contributed by atoms with Gasteiger partial charge in [0.05, 0.1) is 21.3 Å². The summed E-state index contributed by atoms with van der Waals surface area (Å²) in [6.45, 7) is 0. The third kappa shape index (κ3) is 6.03. The Kier molecular flexibility index (Phi) is 8.26. The summed E-state index contributed by atoms with van der Waals surface area (Å²) in [5.74, 6) is -2.55. The van der Waals surface area contributed by atoms with Crippen LogP contribution in [0.2, 0.25) is 0 Å². The first-order valence-corrected chi connectivity index (χ1v) is 5.44. The molecule has 18 heavy (non-hydrogen) atoms. The number of carbonyl (C=O) groups is 3. The lowest BCUT2D eigenvalue weighted by molar-refractivity contribution is -0.158. The fourth-order valence-corrected chi connectivity index (χ4v) is 1.23. The van der Waals surface area contributed by atoms with E-state index in [0.717, 1.165) is 0 Å². The number of rotatable bonds is 7. The number of hydrogen-bond acceptors (Lipinski definition) is 6. The van der Waals surface area contributed by atoms with E-state index in [4.69, 9.17) is 0 Å². The molecular weight excluding hydrogens is 240 g/mol. The smallest absolute Gasteiger partial charge is 0.320 e. The largest absolute Gasteiger partial charge is 0.469 e. The number of carbonyl (C=O) groups excluding carboxylic acids is 3. The summed E-state index contributed by atoms with van der Waals surface area (Å²) in [6.07, 6.45) is 4.27. The van der Waals surface area contributed by atoms with Crippen LogP contribution in [0.1, 0.15) is 19.3 Å².